The van der Waals surface area contributed by atoms with Crippen LogP contribution in [0.5, 0.6) is 0 Å². The predicted octanol–water partition coefficient (Wildman–Crippen LogP) is 2.00. The summed E-state index contributed by atoms with van der Waals surface area (Å²) in [5.41, 5.74) is 0. The zero-order valence-electron chi connectivity index (χ0n) is 27.0. The van der Waals surface area contributed by atoms with Crippen molar-refractivity contribution in [3.63, 3.8) is 0 Å². The van der Waals surface area contributed by atoms with Gasteiger partial charge in [-0.2, -0.15) is 0 Å². The van der Waals surface area contributed by atoms with Crippen LogP contribution in [0.15, 0.2) is 12.2 Å². The van der Waals surface area contributed by atoms with E-state index in [4.69, 9.17) is 14.2 Å². The van der Waals surface area contributed by atoms with Crippen molar-refractivity contribution in [2.24, 2.45) is 0 Å². The third kappa shape index (κ3) is 15.4. The number of methoxy groups -OCH3 is 1. The summed E-state index contributed by atoms with van der Waals surface area (Å²) >= 11 is 0. The summed E-state index contributed by atoms with van der Waals surface area (Å²) in [6.07, 6.45) is 8.12. The van der Waals surface area contributed by atoms with Crippen molar-refractivity contribution in [1.29, 1.82) is 0 Å². The van der Waals surface area contributed by atoms with Crippen molar-refractivity contribution in [2.75, 3.05) is 40.0 Å². The monoisotopic (exact) mass is 630 g/mol. The molecule has 256 valence electrons. The van der Waals surface area contributed by atoms with Crippen LogP contribution in [0.4, 0.5) is 0 Å². The van der Waals surface area contributed by atoms with Crippen LogP contribution in [-0.2, 0) is 28.6 Å². The van der Waals surface area contributed by atoms with Crippen LogP contribution in [0.25, 0.3) is 0 Å². The second-order valence-corrected chi connectivity index (χ2v) is 11.4. The zero-order chi connectivity index (χ0) is 32.7. The van der Waals surface area contributed by atoms with E-state index in [2.05, 4.69) is 24.4 Å². The molecular weight excluding hydrogens is 572 g/mol. The van der Waals surface area contributed by atoms with E-state index in [-0.39, 0.29) is 38.5 Å². The molecule has 2 amide bonds. The Hall–Kier alpha value is -1.93. The van der Waals surface area contributed by atoms with E-state index in [1.54, 1.807) is 0 Å². The number of allylic oxidation sites excluding steroid dienone is 2. The lowest BCUT2D eigenvalue weighted by Crippen LogP contribution is -2.64. The number of hydrogen-bond donors (Lipinski definition) is 5. The van der Waals surface area contributed by atoms with Gasteiger partial charge < -0.3 is 44.9 Å². The van der Waals surface area contributed by atoms with Gasteiger partial charge in [0.15, 0.2) is 18.2 Å². The molecule has 12 heteroatoms. The number of aliphatic hydroxyl groups excluding tert-OH is 4. The molecule has 0 saturated carbocycles. The van der Waals surface area contributed by atoms with E-state index >= 15 is 0 Å². The number of amides is 2. The molecule has 6 atom stereocenters. The number of unbranched alkanes of at least 4 members (excludes halogenated alkanes) is 9. The summed E-state index contributed by atoms with van der Waals surface area (Å²) in [6, 6.07) is -1.03. The SMILES string of the molecule is CCCC/C=C\CCCCCCCCCC(C(=O)NCC(=O)COC)N(CCOCCC)C(=O)C1O[C@@H](O)C(O)[C@H](O)[C@@H]1O. The molecule has 5 N–H and O–H groups in total. The highest BCUT2D eigenvalue weighted by Crippen LogP contribution is 2.24. The maximum Gasteiger partial charge on any atom is 0.255 e. The first-order valence-corrected chi connectivity index (χ1v) is 16.4. The lowest BCUT2D eigenvalue weighted by atomic mass is 9.96. The standard InChI is InChI=1S/C32H58N2O10/c1-4-6-7-8-9-10-11-12-13-14-15-16-17-18-25(30(39)33-22-24(35)23-42-3)34(19-21-43-20-5-2)31(40)29-27(37)26(36)28(38)32(41)44-29/h8-9,25-29,32,36-38,41H,4-7,10-23H2,1-3H3,(H,33,39)/b9-8-/t25?,26-,27+,28?,29?,32-/m1/s1. The van der Waals surface area contributed by atoms with E-state index in [0.717, 1.165) is 51.4 Å². The van der Waals surface area contributed by atoms with Crippen LogP contribution in [0.3, 0.4) is 0 Å². The van der Waals surface area contributed by atoms with Crippen LogP contribution in [0.1, 0.15) is 97.3 Å². The average Bonchev–Trinajstić information content (AvgIpc) is 3.01. The van der Waals surface area contributed by atoms with Crippen molar-refractivity contribution >= 4 is 17.6 Å². The largest absolute Gasteiger partial charge is 0.387 e. The average molecular weight is 631 g/mol. The van der Waals surface area contributed by atoms with Crippen molar-refractivity contribution in [1.82, 2.24) is 10.2 Å². The van der Waals surface area contributed by atoms with Gasteiger partial charge in [-0.3, -0.25) is 14.4 Å². The molecule has 1 aliphatic rings. The lowest BCUT2D eigenvalue weighted by Gasteiger charge is -2.41. The van der Waals surface area contributed by atoms with Gasteiger partial charge in [0.1, 0.15) is 31.0 Å². The van der Waals surface area contributed by atoms with Crippen molar-refractivity contribution in [3.05, 3.63) is 12.2 Å². The van der Waals surface area contributed by atoms with Gasteiger partial charge in [0.25, 0.3) is 5.91 Å². The number of carbonyl (C=O) groups is 3. The second-order valence-electron chi connectivity index (χ2n) is 11.4. The molecule has 0 aliphatic carbocycles. The van der Waals surface area contributed by atoms with Crippen LogP contribution in [0, 0.1) is 0 Å². The van der Waals surface area contributed by atoms with Gasteiger partial charge in [0.2, 0.25) is 5.91 Å². The molecule has 0 aromatic carbocycles. The van der Waals surface area contributed by atoms with Crippen molar-refractivity contribution < 1.29 is 49.0 Å². The minimum Gasteiger partial charge on any atom is -0.387 e. The van der Waals surface area contributed by atoms with Gasteiger partial charge >= 0.3 is 0 Å². The number of hydrogen-bond acceptors (Lipinski definition) is 10. The zero-order valence-corrected chi connectivity index (χ0v) is 27.0. The minimum atomic E-state index is -1.91. The lowest BCUT2D eigenvalue weighted by molar-refractivity contribution is -0.278. The van der Waals surface area contributed by atoms with Crippen LogP contribution >= 0.6 is 0 Å². The molecule has 1 rings (SSSR count). The Balaban J connectivity index is 2.87. The van der Waals surface area contributed by atoms with Crippen molar-refractivity contribution in [3.8, 4) is 0 Å². The van der Waals surface area contributed by atoms with Gasteiger partial charge in [-0.15, -0.1) is 0 Å². The van der Waals surface area contributed by atoms with E-state index in [0.29, 0.717) is 13.0 Å². The smallest absolute Gasteiger partial charge is 0.255 e. The fourth-order valence-electron chi connectivity index (χ4n) is 5.04. The van der Waals surface area contributed by atoms with Crippen molar-refractivity contribution in [2.45, 2.75) is 134 Å². The Morgan fingerprint density at radius 1 is 0.841 bits per heavy atom. The summed E-state index contributed by atoms with van der Waals surface area (Å²) < 4.78 is 15.6. The number of carbonyl (C=O) groups excluding carboxylic acids is 3. The first-order valence-electron chi connectivity index (χ1n) is 16.4. The summed E-state index contributed by atoms with van der Waals surface area (Å²) in [6.45, 7) is 4.17. The molecule has 1 heterocycles. The number of nitrogens with one attached hydrogen (secondary N) is 1. The molecule has 0 aromatic rings. The highest BCUT2D eigenvalue weighted by atomic mass is 16.6. The van der Waals surface area contributed by atoms with Crippen LogP contribution < -0.4 is 5.32 Å². The molecule has 0 radical (unpaired) electrons. The normalized spacial score (nSPS) is 22.7. The summed E-state index contributed by atoms with van der Waals surface area (Å²) in [7, 11) is 1.38. The maximum absolute atomic E-state index is 13.7. The van der Waals surface area contributed by atoms with Crippen LogP contribution in [0.2, 0.25) is 0 Å². The van der Waals surface area contributed by atoms with E-state index in [1.165, 1.54) is 31.3 Å². The molecule has 3 unspecified atom stereocenters. The Labute approximate surface area is 263 Å². The number of ether oxygens (including phenoxy) is 3. The molecule has 44 heavy (non-hydrogen) atoms. The van der Waals surface area contributed by atoms with Gasteiger partial charge in [-0.25, -0.2) is 0 Å². The first kappa shape index (κ1) is 40.1. The number of Topliss-reactive ketones (excluding diaryl/α,β-unsaturated/α-hetero) is 1. The Bertz CT molecular complexity index is 827. The molecular formula is C32H58N2O10. The summed E-state index contributed by atoms with van der Waals surface area (Å²) in [5.74, 6) is -1.74. The molecule has 0 spiro atoms. The fraction of sp³-hybridized carbons (Fsp3) is 0.844. The molecule has 1 fully saturated rings. The number of ketones is 1. The molecule has 12 nitrogen and oxygen atoms in total. The third-order valence-corrected chi connectivity index (χ3v) is 7.62. The number of nitrogens with zero attached hydrogens (tertiary/aromatic N) is 1. The molecule has 0 bridgehead atoms. The van der Waals surface area contributed by atoms with E-state index < -0.39 is 48.6 Å². The quantitative estimate of drug-likeness (QED) is 0.0741. The van der Waals surface area contributed by atoms with E-state index in [9.17, 15) is 34.8 Å². The predicted molar refractivity (Wildman–Crippen MR) is 166 cm³/mol. The second kappa shape index (κ2) is 24.3. The topological polar surface area (TPSA) is 175 Å². The Morgan fingerprint density at radius 2 is 1.48 bits per heavy atom. The highest BCUT2D eigenvalue weighted by Gasteiger charge is 2.48. The molecule has 0 aromatic heterocycles. The maximum atomic E-state index is 13.7. The van der Waals surface area contributed by atoms with E-state index in [1.807, 2.05) is 6.92 Å². The van der Waals surface area contributed by atoms with Gasteiger partial charge in [-0.05, 0) is 32.1 Å². The first-order chi connectivity index (χ1) is 21.2. The fourth-order valence-corrected chi connectivity index (χ4v) is 5.04. The Kier molecular flexibility index (Phi) is 22.2. The Morgan fingerprint density at radius 3 is 2.11 bits per heavy atom. The minimum absolute atomic E-state index is 0.0306. The number of rotatable bonds is 25. The van der Waals surface area contributed by atoms with Gasteiger partial charge in [-0.1, -0.05) is 77.4 Å². The summed E-state index contributed by atoms with van der Waals surface area (Å²) in [4.78, 5) is 40.3. The van der Waals surface area contributed by atoms with Gasteiger partial charge in [0, 0.05) is 20.3 Å². The molecule has 1 saturated heterocycles. The third-order valence-electron chi connectivity index (χ3n) is 7.62. The van der Waals surface area contributed by atoms with Gasteiger partial charge in [0.05, 0.1) is 13.2 Å². The van der Waals surface area contributed by atoms with Crippen LogP contribution in [-0.4, -0.2) is 120 Å². The highest BCUT2D eigenvalue weighted by molar-refractivity contribution is 5.92. The molecule has 1 aliphatic heterocycles. The number of aliphatic hydroxyl groups is 4. The summed E-state index contributed by atoms with van der Waals surface area (Å²) in [5, 5.41) is 43.2.